The van der Waals surface area contributed by atoms with Crippen molar-refractivity contribution >= 4 is 91.0 Å². The molecule has 0 atom stereocenters. The van der Waals surface area contributed by atoms with E-state index in [2.05, 4.69) is 124 Å². The second-order valence-corrected chi connectivity index (χ2v) is 9.19. The molecule has 1 N–H and O–H groups in total. The van der Waals surface area contributed by atoms with Gasteiger partial charge in [0.25, 0.3) is 0 Å². The Morgan fingerprint density at radius 1 is 0.615 bits per heavy atom. The summed E-state index contributed by atoms with van der Waals surface area (Å²) in [6, 6.07) is 21.3. The molecule has 4 aromatic rings. The Morgan fingerprint density at radius 3 is 1.96 bits per heavy atom. The van der Waals surface area contributed by atoms with Gasteiger partial charge in [0, 0.05) is 35.5 Å². The van der Waals surface area contributed by atoms with Crippen molar-refractivity contribution in [1.82, 2.24) is 0 Å². The van der Waals surface area contributed by atoms with E-state index in [1.54, 1.807) is 0 Å². The molecule has 130 valence electrons. The Balaban J connectivity index is 1.86. The van der Waals surface area contributed by atoms with Crippen LogP contribution < -0.4 is 5.32 Å². The average Bonchev–Trinajstić information content (AvgIpc) is 2.68. The molecule has 5 heteroatoms. The van der Waals surface area contributed by atoms with Crippen molar-refractivity contribution < 1.29 is 0 Å². The van der Waals surface area contributed by atoms with Crippen molar-refractivity contribution in [3.63, 3.8) is 0 Å². The number of anilines is 1. The topological polar surface area (TPSA) is 12.0 Å². The standard InChI is InChI=1S/C21H13Br4N/c22-18-15-9-13-7-4-8-17(26-11-12-5-2-1-3-6-12)14(13)10-16(15)19(23)21(25)20(18)24/h1-10,26H,11H2. The van der Waals surface area contributed by atoms with Crippen LogP contribution >= 0.6 is 63.7 Å². The zero-order valence-electron chi connectivity index (χ0n) is 13.5. The molecule has 0 bridgehead atoms. The minimum Gasteiger partial charge on any atom is -0.380 e. The van der Waals surface area contributed by atoms with Gasteiger partial charge in [0.15, 0.2) is 0 Å². The summed E-state index contributed by atoms with van der Waals surface area (Å²) < 4.78 is 4.11. The van der Waals surface area contributed by atoms with E-state index in [0.29, 0.717) is 0 Å². The maximum absolute atomic E-state index is 3.73. The smallest absolute Gasteiger partial charge is 0.0477 e. The van der Waals surface area contributed by atoms with E-state index in [9.17, 15) is 0 Å². The number of fused-ring (bicyclic) bond motifs is 2. The summed E-state index contributed by atoms with van der Waals surface area (Å²) in [7, 11) is 0. The van der Waals surface area contributed by atoms with E-state index in [-0.39, 0.29) is 0 Å². The van der Waals surface area contributed by atoms with Gasteiger partial charge in [-0.25, -0.2) is 0 Å². The van der Waals surface area contributed by atoms with Crippen molar-refractivity contribution in [2.75, 3.05) is 5.32 Å². The van der Waals surface area contributed by atoms with E-state index >= 15 is 0 Å². The molecule has 0 fully saturated rings. The molecular formula is C21H13Br4N. The van der Waals surface area contributed by atoms with Gasteiger partial charge in [0.2, 0.25) is 0 Å². The fraction of sp³-hybridized carbons (Fsp3) is 0.0476. The Labute approximate surface area is 185 Å². The van der Waals surface area contributed by atoms with E-state index in [1.807, 2.05) is 6.07 Å². The lowest BCUT2D eigenvalue weighted by molar-refractivity contribution is 1.15. The van der Waals surface area contributed by atoms with E-state index < -0.39 is 0 Å². The summed E-state index contributed by atoms with van der Waals surface area (Å²) in [6.45, 7) is 0.798. The number of hydrogen-bond acceptors (Lipinski definition) is 1. The van der Waals surface area contributed by atoms with Crippen LogP contribution in [0.1, 0.15) is 5.56 Å². The van der Waals surface area contributed by atoms with Crippen LogP contribution in [0.5, 0.6) is 0 Å². The molecule has 0 heterocycles. The minimum absolute atomic E-state index is 0.798. The number of hydrogen-bond donors (Lipinski definition) is 1. The summed E-state index contributed by atoms with van der Waals surface area (Å²) in [5.74, 6) is 0. The van der Waals surface area contributed by atoms with Crippen LogP contribution in [0.2, 0.25) is 0 Å². The first kappa shape index (κ1) is 18.5. The predicted molar refractivity (Wildman–Crippen MR) is 126 cm³/mol. The van der Waals surface area contributed by atoms with Crippen LogP contribution in [0, 0.1) is 0 Å². The maximum Gasteiger partial charge on any atom is 0.0477 e. The van der Waals surface area contributed by atoms with E-state index in [4.69, 9.17) is 0 Å². The molecule has 0 aliphatic heterocycles. The molecule has 0 radical (unpaired) electrons. The number of rotatable bonds is 3. The minimum atomic E-state index is 0.798. The van der Waals surface area contributed by atoms with Gasteiger partial charge in [-0.15, -0.1) is 0 Å². The quantitative estimate of drug-likeness (QED) is 0.141. The van der Waals surface area contributed by atoms with Gasteiger partial charge in [-0.1, -0.05) is 42.5 Å². The molecule has 4 rings (SSSR count). The van der Waals surface area contributed by atoms with Crippen LogP contribution in [0.15, 0.2) is 78.6 Å². The lowest BCUT2D eigenvalue weighted by atomic mass is 10.0. The van der Waals surface area contributed by atoms with E-state index in [0.717, 1.165) is 35.5 Å². The zero-order valence-corrected chi connectivity index (χ0v) is 19.8. The third kappa shape index (κ3) is 3.35. The molecule has 0 unspecified atom stereocenters. The van der Waals surface area contributed by atoms with Gasteiger partial charge in [0.05, 0.1) is 0 Å². The molecular weight excluding hydrogens is 586 g/mol. The lowest BCUT2D eigenvalue weighted by Crippen LogP contribution is -1.99. The molecule has 0 aliphatic carbocycles. The Kier molecular flexibility index (Phi) is 5.42. The largest absolute Gasteiger partial charge is 0.380 e. The monoisotopic (exact) mass is 595 g/mol. The van der Waals surface area contributed by atoms with Crippen LogP contribution in [0.25, 0.3) is 21.5 Å². The summed E-state index contributed by atoms with van der Waals surface area (Å²) >= 11 is 14.8. The first-order valence-corrected chi connectivity index (χ1v) is 11.2. The lowest BCUT2D eigenvalue weighted by Gasteiger charge is -2.14. The second-order valence-electron chi connectivity index (χ2n) is 6.02. The molecule has 26 heavy (non-hydrogen) atoms. The fourth-order valence-corrected chi connectivity index (χ4v) is 5.47. The Bertz CT molecular complexity index is 1120. The van der Waals surface area contributed by atoms with E-state index in [1.165, 1.54) is 21.7 Å². The van der Waals surface area contributed by atoms with Gasteiger partial charge in [-0.2, -0.15) is 0 Å². The molecule has 0 spiro atoms. The van der Waals surface area contributed by atoms with Crippen molar-refractivity contribution in [2.45, 2.75) is 6.54 Å². The number of benzene rings is 4. The molecule has 0 aliphatic rings. The Hall–Kier alpha value is -0.880. The highest BCUT2D eigenvalue weighted by Crippen LogP contribution is 2.45. The van der Waals surface area contributed by atoms with Crippen LogP contribution in [0.4, 0.5) is 5.69 Å². The second kappa shape index (κ2) is 7.63. The predicted octanol–water partition coefficient (Wildman–Crippen LogP) is 8.66. The molecule has 0 aromatic heterocycles. The van der Waals surface area contributed by atoms with Crippen LogP contribution in [-0.2, 0) is 6.54 Å². The SMILES string of the molecule is Brc1c(Br)c(Br)c2cc3c(NCc4ccccc4)cccc3cc2c1Br. The van der Waals surface area contributed by atoms with Gasteiger partial charge in [-0.05, 0) is 104 Å². The fourth-order valence-electron chi connectivity index (χ4n) is 3.07. The van der Waals surface area contributed by atoms with Gasteiger partial charge >= 0.3 is 0 Å². The maximum atomic E-state index is 3.73. The van der Waals surface area contributed by atoms with Crippen molar-refractivity contribution in [3.8, 4) is 0 Å². The summed E-state index contributed by atoms with van der Waals surface area (Å²) in [6.07, 6.45) is 0. The Morgan fingerprint density at radius 2 is 1.27 bits per heavy atom. The third-order valence-electron chi connectivity index (χ3n) is 4.40. The third-order valence-corrected chi connectivity index (χ3v) is 9.22. The van der Waals surface area contributed by atoms with Crippen molar-refractivity contribution in [2.24, 2.45) is 0 Å². The van der Waals surface area contributed by atoms with Crippen LogP contribution in [-0.4, -0.2) is 0 Å². The molecule has 0 saturated carbocycles. The van der Waals surface area contributed by atoms with Crippen molar-refractivity contribution in [3.05, 3.63) is 84.1 Å². The first-order chi connectivity index (χ1) is 12.6. The highest BCUT2D eigenvalue weighted by atomic mass is 79.9. The average molecular weight is 599 g/mol. The normalized spacial score (nSPS) is 11.2. The molecule has 0 amide bonds. The highest BCUT2D eigenvalue weighted by molar-refractivity contribution is 9.15. The van der Waals surface area contributed by atoms with Gasteiger partial charge in [0.1, 0.15) is 0 Å². The highest BCUT2D eigenvalue weighted by Gasteiger charge is 2.15. The number of halogens is 4. The molecule has 1 nitrogen and oxygen atoms in total. The van der Waals surface area contributed by atoms with Crippen molar-refractivity contribution in [1.29, 1.82) is 0 Å². The zero-order chi connectivity index (χ0) is 18.3. The molecule has 0 saturated heterocycles. The molecule has 4 aromatic carbocycles. The number of nitrogens with one attached hydrogen (secondary N) is 1. The van der Waals surface area contributed by atoms with Gasteiger partial charge in [-0.3, -0.25) is 0 Å². The van der Waals surface area contributed by atoms with Gasteiger partial charge < -0.3 is 5.32 Å². The summed E-state index contributed by atoms with van der Waals surface area (Å²) in [5, 5.41) is 8.32. The van der Waals surface area contributed by atoms with Crippen LogP contribution in [0.3, 0.4) is 0 Å². The summed E-state index contributed by atoms with van der Waals surface area (Å²) in [4.78, 5) is 0. The summed E-state index contributed by atoms with van der Waals surface area (Å²) in [5.41, 5.74) is 2.40. The first-order valence-electron chi connectivity index (χ1n) is 8.02.